The van der Waals surface area contributed by atoms with Crippen LogP contribution in [0.2, 0.25) is 0 Å². The number of amides is 1. The third kappa shape index (κ3) is 4.09. The number of hydrogen-bond acceptors (Lipinski definition) is 2. The van der Waals surface area contributed by atoms with Gasteiger partial charge < -0.3 is 10.1 Å². The van der Waals surface area contributed by atoms with Crippen molar-refractivity contribution in [1.29, 1.82) is 0 Å². The average molecular weight is 313 g/mol. The van der Waals surface area contributed by atoms with E-state index in [1.807, 2.05) is 19.1 Å². The average Bonchev–Trinajstić information content (AvgIpc) is 3.38. The van der Waals surface area contributed by atoms with E-state index < -0.39 is 5.82 Å². The van der Waals surface area contributed by atoms with Gasteiger partial charge in [-0.25, -0.2) is 4.39 Å². The van der Waals surface area contributed by atoms with Crippen LogP contribution in [0, 0.1) is 18.7 Å². The van der Waals surface area contributed by atoms with E-state index in [1.165, 1.54) is 17.7 Å². The fourth-order valence-electron chi connectivity index (χ4n) is 2.60. The molecular weight excluding hydrogens is 293 g/mol. The van der Waals surface area contributed by atoms with Crippen molar-refractivity contribution in [3.8, 4) is 5.75 Å². The lowest BCUT2D eigenvalue weighted by Crippen LogP contribution is -2.33. The van der Waals surface area contributed by atoms with Gasteiger partial charge in [-0.2, -0.15) is 0 Å². The molecule has 1 aliphatic carbocycles. The first-order chi connectivity index (χ1) is 11.1. The molecule has 0 aliphatic heterocycles. The lowest BCUT2D eigenvalue weighted by atomic mass is 10.0. The van der Waals surface area contributed by atoms with Crippen molar-refractivity contribution in [3.05, 3.63) is 65.5 Å². The lowest BCUT2D eigenvalue weighted by Gasteiger charge is -2.19. The fourth-order valence-corrected chi connectivity index (χ4v) is 2.60. The Morgan fingerprint density at radius 1 is 1.22 bits per heavy atom. The first-order valence-electron chi connectivity index (χ1n) is 7.87. The molecular formula is C19H20FNO2. The largest absolute Gasteiger partial charge is 0.481 e. The van der Waals surface area contributed by atoms with Gasteiger partial charge in [0.25, 0.3) is 5.91 Å². The summed E-state index contributed by atoms with van der Waals surface area (Å²) in [5.74, 6) is -0.112. The Hall–Kier alpha value is -2.36. The van der Waals surface area contributed by atoms with E-state index in [-0.39, 0.29) is 24.3 Å². The second-order valence-corrected chi connectivity index (χ2v) is 6.01. The molecule has 1 amide bonds. The number of ether oxygens (including phenoxy) is 1. The minimum absolute atomic E-state index is 0.00678. The van der Waals surface area contributed by atoms with Crippen LogP contribution < -0.4 is 10.1 Å². The molecule has 3 nitrogen and oxygen atoms in total. The molecule has 0 spiro atoms. The smallest absolute Gasteiger partial charge is 0.258 e. The summed E-state index contributed by atoms with van der Waals surface area (Å²) in [6.45, 7) is 1.85. The molecule has 1 atom stereocenters. The molecule has 0 saturated heterocycles. The third-order valence-electron chi connectivity index (χ3n) is 4.04. The zero-order valence-electron chi connectivity index (χ0n) is 13.1. The second kappa shape index (κ2) is 6.82. The molecule has 1 saturated carbocycles. The van der Waals surface area contributed by atoms with Crippen LogP contribution in [0.1, 0.15) is 30.0 Å². The van der Waals surface area contributed by atoms with Crippen LogP contribution in [-0.2, 0) is 4.79 Å². The molecule has 4 heteroatoms. The number of carbonyl (C=O) groups is 1. The number of hydrogen-bond donors (Lipinski definition) is 1. The number of aryl methyl sites for hydroxylation is 1. The van der Waals surface area contributed by atoms with Crippen molar-refractivity contribution in [2.45, 2.75) is 25.8 Å². The van der Waals surface area contributed by atoms with E-state index in [1.54, 1.807) is 12.1 Å². The van der Waals surface area contributed by atoms with Gasteiger partial charge in [0, 0.05) is 0 Å². The highest BCUT2D eigenvalue weighted by molar-refractivity contribution is 5.78. The number of para-hydroxylation sites is 1. The lowest BCUT2D eigenvalue weighted by molar-refractivity contribution is -0.124. The maximum Gasteiger partial charge on any atom is 0.258 e. The molecule has 1 aliphatic rings. The number of nitrogens with one attached hydrogen (secondary N) is 1. The summed E-state index contributed by atoms with van der Waals surface area (Å²) in [4.78, 5) is 12.2. The number of carbonyl (C=O) groups excluding carboxylic acids is 1. The van der Waals surface area contributed by atoms with Crippen molar-refractivity contribution < 1.29 is 13.9 Å². The van der Waals surface area contributed by atoms with E-state index in [9.17, 15) is 9.18 Å². The van der Waals surface area contributed by atoms with Gasteiger partial charge in [0.15, 0.2) is 18.2 Å². The molecule has 0 aromatic heterocycles. The van der Waals surface area contributed by atoms with Crippen LogP contribution in [-0.4, -0.2) is 12.5 Å². The molecule has 23 heavy (non-hydrogen) atoms. The Morgan fingerprint density at radius 2 is 1.91 bits per heavy atom. The molecule has 2 aromatic carbocycles. The number of rotatable bonds is 6. The van der Waals surface area contributed by atoms with E-state index in [0.717, 1.165) is 18.4 Å². The van der Waals surface area contributed by atoms with Gasteiger partial charge in [0.05, 0.1) is 6.04 Å². The SMILES string of the molecule is Cc1ccc(C(NC(=O)COc2ccccc2F)C2CC2)cc1. The zero-order valence-corrected chi connectivity index (χ0v) is 13.1. The molecule has 0 bridgehead atoms. The Morgan fingerprint density at radius 3 is 2.57 bits per heavy atom. The second-order valence-electron chi connectivity index (χ2n) is 6.01. The van der Waals surface area contributed by atoms with E-state index in [0.29, 0.717) is 5.92 Å². The predicted molar refractivity (Wildman–Crippen MR) is 86.7 cm³/mol. The van der Waals surface area contributed by atoms with Gasteiger partial charge in [-0.1, -0.05) is 42.0 Å². The topological polar surface area (TPSA) is 38.3 Å². The quantitative estimate of drug-likeness (QED) is 0.881. The normalized spacial score (nSPS) is 15.0. The summed E-state index contributed by atoms with van der Waals surface area (Å²) in [5.41, 5.74) is 2.30. The maximum absolute atomic E-state index is 13.5. The van der Waals surface area contributed by atoms with Gasteiger partial charge >= 0.3 is 0 Å². The third-order valence-corrected chi connectivity index (χ3v) is 4.04. The highest BCUT2D eigenvalue weighted by Gasteiger charge is 2.33. The van der Waals surface area contributed by atoms with Gasteiger partial charge in [0.1, 0.15) is 0 Å². The van der Waals surface area contributed by atoms with Crippen molar-refractivity contribution in [2.75, 3.05) is 6.61 Å². The minimum Gasteiger partial charge on any atom is -0.481 e. The highest BCUT2D eigenvalue weighted by Crippen LogP contribution is 2.41. The Kier molecular flexibility index (Phi) is 4.60. The minimum atomic E-state index is -0.461. The van der Waals surface area contributed by atoms with Crippen LogP contribution >= 0.6 is 0 Å². The van der Waals surface area contributed by atoms with Crippen molar-refractivity contribution in [1.82, 2.24) is 5.32 Å². The molecule has 3 rings (SSSR count). The zero-order chi connectivity index (χ0) is 16.2. The van der Waals surface area contributed by atoms with Crippen molar-refractivity contribution in [2.24, 2.45) is 5.92 Å². The molecule has 0 radical (unpaired) electrons. The van der Waals surface area contributed by atoms with E-state index >= 15 is 0 Å². The Bertz CT molecular complexity index is 680. The van der Waals surface area contributed by atoms with E-state index in [4.69, 9.17) is 4.74 Å². The van der Waals surface area contributed by atoms with Crippen LogP contribution in [0.5, 0.6) is 5.75 Å². The first-order valence-corrected chi connectivity index (χ1v) is 7.87. The first kappa shape index (κ1) is 15.5. The summed E-state index contributed by atoms with van der Waals surface area (Å²) in [7, 11) is 0. The molecule has 1 fully saturated rings. The summed E-state index contributed by atoms with van der Waals surface area (Å²) < 4.78 is 18.8. The highest BCUT2D eigenvalue weighted by atomic mass is 19.1. The molecule has 1 N–H and O–H groups in total. The molecule has 0 heterocycles. The number of halogens is 1. The van der Waals surface area contributed by atoms with Crippen molar-refractivity contribution in [3.63, 3.8) is 0 Å². The monoisotopic (exact) mass is 313 g/mol. The van der Waals surface area contributed by atoms with Gasteiger partial charge in [-0.15, -0.1) is 0 Å². The molecule has 2 aromatic rings. The van der Waals surface area contributed by atoms with Crippen LogP contribution in [0.15, 0.2) is 48.5 Å². The van der Waals surface area contributed by atoms with Crippen LogP contribution in [0.25, 0.3) is 0 Å². The fraction of sp³-hybridized carbons (Fsp3) is 0.316. The summed E-state index contributed by atoms with van der Waals surface area (Å²) in [5, 5.41) is 3.02. The number of benzene rings is 2. The van der Waals surface area contributed by atoms with E-state index in [2.05, 4.69) is 17.4 Å². The van der Waals surface area contributed by atoms with Gasteiger partial charge in [-0.3, -0.25) is 4.79 Å². The maximum atomic E-state index is 13.5. The standard InChI is InChI=1S/C19H20FNO2/c1-13-6-8-14(9-7-13)19(15-10-11-15)21-18(22)12-23-17-5-3-2-4-16(17)20/h2-9,15,19H,10-12H2,1H3,(H,21,22). The van der Waals surface area contributed by atoms with Crippen LogP contribution in [0.4, 0.5) is 4.39 Å². The van der Waals surface area contributed by atoms with Crippen LogP contribution in [0.3, 0.4) is 0 Å². The Balaban J connectivity index is 1.61. The van der Waals surface area contributed by atoms with Crippen molar-refractivity contribution >= 4 is 5.91 Å². The molecule has 1 unspecified atom stereocenters. The Labute approximate surface area is 135 Å². The van der Waals surface area contributed by atoms with Gasteiger partial charge in [0.2, 0.25) is 0 Å². The summed E-state index contributed by atoms with van der Waals surface area (Å²) >= 11 is 0. The predicted octanol–water partition coefficient (Wildman–Crippen LogP) is 3.78. The summed E-state index contributed by atoms with van der Waals surface area (Å²) in [6, 6.07) is 14.3. The molecule has 120 valence electrons. The van der Waals surface area contributed by atoms with Gasteiger partial charge in [-0.05, 0) is 43.4 Å². The summed E-state index contributed by atoms with van der Waals surface area (Å²) in [6.07, 6.45) is 2.24.